The number of imidazole rings is 1. The first kappa shape index (κ1) is 19.8. The van der Waals surface area contributed by atoms with Crippen LogP contribution in [0.3, 0.4) is 0 Å². The lowest BCUT2D eigenvalue weighted by molar-refractivity contribution is 0.0943. The average molecular weight is 402 g/mol. The highest BCUT2D eigenvalue weighted by molar-refractivity contribution is 7.90. The van der Waals surface area contributed by atoms with Crippen LogP contribution in [0.1, 0.15) is 29.7 Å². The van der Waals surface area contributed by atoms with Crippen molar-refractivity contribution >= 4 is 15.7 Å². The van der Waals surface area contributed by atoms with Crippen molar-refractivity contribution in [2.24, 2.45) is 0 Å². The zero-order valence-corrected chi connectivity index (χ0v) is 16.6. The van der Waals surface area contributed by atoms with E-state index in [2.05, 4.69) is 26.9 Å². The average Bonchev–Trinajstić information content (AvgIpc) is 3.34. The van der Waals surface area contributed by atoms with Crippen LogP contribution in [0, 0.1) is 0 Å². The number of aromatic nitrogens is 3. The van der Waals surface area contributed by atoms with Crippen LogP contribution in [0.5, 0.6) is 0 Å². The van der Waals surface area contributed by atoms with Crippen molar-refractivity contribution in [3.63, 3.8) is 0 Å². The Bertz CT molecular complexity index is 1050. The maximum atomic E-state index is 12.2. The van der Waals surface area contributed by atoms with E-state index >= 15 is 0 Å². The lowest BCUT2D eigenvalue weighted by Gasteiger charge is -2.06. The zero-order valence-electron chi connectivity index (χ0n) is 15.8. The highest BCUT2D eigenvalue weighted by Gasteiger charge is 2.14. The van der Waals surface area contributed by atoms with E-state index in [1.54, 1.807) is 18.3 Å². The van der Waals surface area contributed by atoms with Gasteiger partial charge in [-0.05, 0) is 30.7 Å². The van der Waals surface area contributed by atoms with Gasteiger partial charge in [0.25, 0.3) is 5.91 Å². The summed E-state index contributed by atoms with van der Waals surface area (Å²) < 4.78 is 30.3. The highest BCUT2D eigenvalue weighted by atomic mass is 32.2. The van der Waals surface area contributed by atoms with Gasteiger partial charge < -0.3 is 14.4 Å². The fourth-order valence-electron chi connectivity index (χ4n) is 2.78. The number of benzene rings is 1. The normalized spacial score (nSPS) is 11.5. The second-order valence-electron chi connectivity index (χ2n) is 6.37. The van der Waals surface area contributed by atoms with Gasteiger partial charge in [0.2, 0.25) is 0 Å². The molecule has 1 aromatic carbocycles. The highest BCUT2D eigenvalue weighted by Crippen LogP contribution is 2.22. The number of aryl methyl sites for hydroxylation is 2. The van der Waals surface area contributed by atoms with E-state index in [0.29, 0.717) is 17.9 Å². The molecule has 3 rings (SSSR count). The summed E-state index contributed by atoms with van der Waals surface area (Å²) in [5.41, 5.74) is 0.824. The molecule has 0 aliphatic carbocycles. The van der Waals surface area contributed by atoms with Crippen molar-refractivity contribution in [1.29, 1.82) is 0 Å². The number of hydrogen-bond acceptors (Lipinski definition) is 6. The molecule has 0 fully saturated rings. The maximum absolute atomic E-state index is 12.2. The monoisotopic (exact) mass is 402 g/mol. The molecule has 9 heteroatoms. The van der Waals surface area contributed by atoms with Crippen LogP contribution in [-0.4, -0.2) is 41.8 Å². The number of sulfone groups is 1. The molecule has 2 heterocycles. The maximum Gasteiger partial charge on any atom is 0.273 e. The van der Waals surface area contributed by atoms with E-state index in [9.17, 15) is 13.2 Å². The van der Waals surface area contributed by atoms with Gasteiger partial charge in [-0.25, -0.2) is 13.4 Å². The first-order valence-electron chi connectivity index (χ1n) is 8.94. The molecular weight excluding hydrogens is 380 g/mol. The Balaban J connectivity index is 1.55. The predicted molar refractivity (Wildman–Crippen MR) is 104 cm³/mol. The number of rotatable bonds is 8. The Labute approximate surface area is 163 Å². The Kier molecular flexibility index (Phi) is 5.93. The number of amides is 1. The molecule has 0 saturated heterocycles. The molecule has 0 saturated carbocycles. The van der Waals surface area contributed by atoms with Gasteiger partial charge in [-0.15, -0.1) is 0 Å². The molecule has 1 amide bonds. The summed E-state index contributed by atoms with van der Waals surface area (Å²) in [7, 11) is -3.26. The molecular formula is C19H22N4O4S. The van der Waals surface area contributed by atoms with Crippen LogP contribution in [-0.2, 0) is 22.8 Å². The lowest BCUT2D eigenvalue weighted by atomic mass is 10.1. The number of nitrogens with one attached hydrogen (secondary N) is 1. The Morgan fingerprint density at radius 2 is 2.00 bits per heavy atom. The van der Waals surface area contributed by atoms with Gasteiger partial charge in [0.1, 0.15) is 5.82 Å². The Morgan fingerprint density at radius 3 is 2.68 bits per heavy atom. The molecule has 0 aliphatic rings. The molecule has 0 bridgehead atoms. The molecule has 28 heavy (non-hydrogen) atoms. The van der Waals surface area contributed by atoms with Gasteiger partial charge in [-0.1, -0.05) is 12.1 Å². The van der Waals surface area contributed by atoms with Crippen molar-refractivity contribution in [1.82, 2.24) is 20.0 Å². The minimum absolute atomic E-state index is 0.180. The van der Waals surface area contributed by atoms with Gasteiger partial charge in [0.15, 0.2) is 21.3 Å². The molecule has 0 radical (unpaired) electrons. The van der Waals surface area contributed by atoms with Crippen molar-refractivity contribution in [2.45, 2.75) is 31.2 Å². The van der Waals surface area contributed by atoms with Crippen LogP contribution >= 0.6 is 0 Å². The van der Waals surface area contributed by atoms with Crippen LogP contribution in [0.2, 0.25) is 0 Å². The number of carbonyl (C=O) groups excluding carboxylic acids is 1. The van der Waals surface area contributed by atoms with Crippen molar-refractivity contribution in [3.8, 4) is 11.3 Å². The number of nitrogens with zero attached hydrogens (tertiary/aromatic N) is 3. The quantitative estimate of drug-likeness (QED) is 0.580. The third-order valence-electron chi connectivity index (χ3n) is 4.29. The molecule has 8 nitrogen and oxygen atoms in total. The SMILES string of the molecule is CCc1nccn1CCCNC(=O)c1cc(-c2ccc(S(C)(=O)=O)cc2)on1. The molecule has 1 N–H and O–H groups in total. The van der Waals surface area contributed by atoms with Gasteiger partial charge in [0, 0.05) is 49.8 Å². The predicted octanol–water partition coefficient (Wildman–Crippen LogP) is 2.32. The Morgan fingerprint density at radius 1 is 1.25 bits per heavy atom. The first-order chi connectivity index (χ1) is 13.4. The smallest absolute Gasteiger partial charge is 0.273 e. The van der Waals surface area contributed by atoms with E-state index in [1.807, 2.05) is 6.20 Å². The summed E-state index contributed by atoms with van der Waals surface area (Å²) in [4.78, 5) is 16.7. The molecule has 0 atom stereocenters. The fraction of sp³-hybridized carbons (Fsp3) is 0.316. The van der Waals surface area contributed by atoms with E-state index in [-0.39, 0.29) is 16.5 Å². The summed E-state index contributed by atoms with van der Waals surface area (Å²) in [6.07, 6.45) is 6.49. The van der Waals surface area contributed by atoms with Crippen molar-refractivity contribution in [2.75, 3.05) is 12.8 Å². The molecule has 3 aromatic rings. The number of hydrogen-bond donors (Lipinski definition) is 1. The van der Waals surface area contributed by atoms with Crippen LogP contribution in [0.25, 0.3) is 11.3 Å². The molecule has 148 valence electrons. The van der Waals surface area contributed by atoms with Gasteiger partial charge >= 0.3 is 0 Å². The topological polar surface area (TPSA) is 107 Å². The van der Waals surface area contributed by atoms with Crippen molar-refractivity contribution in [3.05, 3.63) is 54.2 Å². The third kappa shape index (κ3) is 4.66. The summed E-state index contributed by atoms with van der Waals surface area (Å²) in [6.45, 7) is 3.34. The minimum atomic E-state index is -3.26. The van der Waals surface area contributed by atoms with Gasteiger partial charge in [-0.3, -0.25) is 4.79 Å². The second-order valence-corrected chi connectivity index (χ2v) is 8.39. The summed E-state index contributed by atoms with van der Waals surface area (Å²) in [5.74, 6) is 1.11. The largest absolute Gasteiger partial charge is 0.355 e. The number of carbonyl (C=O) groups is 1. The molecule has 2 aromatic heterocycles. The van der Waals surface area contributed by atoms with E-state index < -0.39 is 9.84 Å². The Hall–Kier alpha value is -2.94. The minimum Gasteiger partial charge on any atom is -0.355 e. The van der Waals surface area contributed by atoms with Crippen LogP contribution in [0.15, 0.2) is 52.1 Å². The first-order valence-corrected chi connectivity index (χ1v) is 10.8. The van der Waals surface area contributed by atoms with E-state index in [1.165, 1.54) is 18.2 Å². The summed E-state index contributed by atoms with van der Waals surface area (Å²) in [6, 6.07) is 7.76. The van der Waals surface area contributed by atoms with Crippen molar-refractivity contribution < 1.29 is 17.7 Å². The summed E-state index contributed by atoms with van der Waals surface area (Å²) >= 11 is 0. The molecule has 0 aliphatic heterocycles. The summed E-state index contributed by atoms with van der Waals surface area (Å²) in [5, 5.41) is 6.62. The third-order valence-corrected chi connectivity index (χ3v) is 5.42. The van der Waals surface area contributed by atoms with E-state index in [4.69, 9.17) is 4.52 Å². The zero-order chi connectivity index (χ0) is 20.1. The van der Waals surface area contributed by atoms with Gasteiger partial charge in [0.05, 0.1) is 4.90 Å². The molecule has 0 spiro atoms. The fourth-order valence-corrected chi connectivity index (χ4v) is 3.42. The lowest BCUT2D eigenvalue weighted by Crippen LogP contribution is -2.25. The van der Waals surface area contributed by atoms with Crippen LogP contribution in [0.4, 0.5) is 0 Å². The molecule has 0 unspecified atom stereocenters. The standard InChI is InChI=1S/C19H22N4O4S/c1-3-18-20-10-12-23(18)11-4-9-21-19(24)16-13-17(27-22-16)14-5-7-15(8-6-14)28(2,25)26/h5-8,10,12-13H,3-4,9,11H2,1-2H3,(H,21,24). The van der Waals surface area contributed by atoms with Crippen LogP contribution < -0.4 is 5.32 Å². The van der Waals surface area contributed by atoms with Gasteiger partial charge in [-0.2, -0.15) is 0 Å². The van der Waals surface area contributed by atoms with E-state index in [0.717, 1.165) is 31.5 Å². The second kappa shape index (κ2) is 8.39.